The molecule has 1 aliphatic heterocycles. The first-order valence-corrected chi connectivity index (χ1v) is 14.5. The second-order valence-corrected chi connectivity index (χ2v) is 11.9. The average Bonchev–Trinajstić information content (AvgIpc) is 3.49. The zero-order valence-corrected chi connectivity index (χ0v) is 24.8. The van der Waals surface area contributed by atoms with Crippen LogP contribution in [0.1, 0.15) is 42.5 Å². The summed E-state index contributed by atoms with van der Waals surface area (Å²) in [4.78, 5) is 30.6. The smallest absolute Gasteiger partial charge is 0.417 e. The fraction of sp³-hybridized carbons (Fsp3) is 0.367. The molecule has 46 heavy (non-hydrogen) atoms. The van der Waals surface area contributed by atoms with Crippen LogP contribution in [0.3, 0.4) is 0 Å². The molecule has 11 nitrogen and oxygen atoms in total. The summed E-state index contributed by atoms with van der Waals surface area (Å²) in [5.41, 5.74) is 2.20. The summed E-state index contributed by atoms with van der Waals surface area (Å²) >= 11 is 0. The van der Waals surface area contributed by atoms with Crippen molar-refractivity contribution in [1.82, 2.24) is 35.0 Å². The monoisotopic (exact) mass is 641 g/mol. The normalized spacial score (nSPS) is 20.3. The quantitative estimate of drug-likeness (QED) is 0.178. The van der Waals surface area contributed by atoms with Gasteiger partial charge in [0.1, 0.15) is 35.0 Å². The number of nitrogens with zero attached hydrogens (tertiary/aromatic N) is 5. The van der Waals surface area contributed by atoms with Crippen LogP contribution in [0, 0.1) is 24.5 Å². The molecule has 0 bridgehead atoms. The molecule has 5 N–H and O–H groups in total. The van der Waals surface area contributed by atoms with E-state index in [0.717, 1.165) is 31.3 Å². The summed E-state index contributed by atoms with van der Waals surface area (Å²) in [6.07, 6.45) is -0.818. The van der Waals surface area contributed by atoms with E-state index in [9.17, 15) is 22.4 Å². The maximum atomic E-state index is 16.6. The summed E-state index contributed by atoms with van der Waals surface area (Å²) in [7, 11) is 1.99. The molecule has 1 saturated carbocycles. The molecular weight excluding hydrogens is 613 g/mol. The molecule has 0 unspecified atom stereocenters. The number of alkyl halides is 3. The molecule has 1 aliphatic carbocycles. The lowest BCUT2D eigenvalue weighted by molar-refractivity contribution is -0.137. The Morgan fingerprint density at radius 1 is 1.20 bits per heavy atom. The number of ether oxygens (including phenoxy) is 1. The highest BCUT2D eigenvalue weighted by molar-refractivity contribution is 5.99. The summed E-state index contributed by atoms with van der Waals surface area (Å²) in [6, 6.07) is 1.82. The molecule has 5 aromatic rings. The Hall–Kier alpha value is -4.86. The van der Waals surface area contributed by atoms with Crippen LogP contribution in [0.2, 0.25) is 0 Å². The van der Waals surface area contributed by atoms with E-state index in [2.05, 4.69) is 40.3 Å². The first-order valence-electron chi connectivity index (χ1n) is 14.5. The standard InChI is InChI=1S/C30H28F5N9O2/c1-11-4-18-17(9-38-43-18)20(22(11)30(33,34)35)24-23(32)25-21(28(45)40-24)27(39-12(2)16-7-14(31)8-37-26(16)36)42-29(41-25)46-10-15-5-13-6-19(13)44(15)3/h4,7-9,12-13,15,19H,5-6,10H2,1-3H3,(H2,36,37)(H,38,43)(H,40,45)(H,39,41,42)/t12-,13-,15-,19+/m1/s1. The van der Waals surface area contributed by atoms with Crippen LogP contribution in [0.15, 0.2) is 29.3 Å². The van der Waals surface area contributed by atoms with Crippen molar-refractivity contribution < 1.29 is 26.7 Å². The Labute approximate surface area is 257 Å². The van der Waals surface area contributed by atoms with Gasteiger partial charge in [-0.05, 0) is 57.4 Å². The van der Waals surface area contributed by atoms with Gasteiger partial charge in [-0.1, -0.05) is 0 Å². The highest BCUT2D eigenvalue weighted by atomic mass is 19.4. The van der Waals surface area contributed by atoms with Crippen LogP contribution in [-0.4, -0.2) is 60.8 Å². The third kappa shape index (κ3) is 4.96. The number of H-pyrrole nitrogens is 2. The number of benzene rings is 1. The predicted molar refractivity (Wildman–Crippen MR) is 159 cm³/mol. The molecule has 2 fully saturated rings. The van der Waals surface area contributed by atoms with Crippen molar-refractivity contribution in [2.45, 2.75) is 51.0 Å². The average molecular weight is 642 g/mol. The number of nitrogens with two attached hydrogens (primary N) is 1. The first-order chi connectivity index (χ1) is 21.8. The van der Waals surface area contributed by atoms with Gasteiger partial charge in [-0.2, -0.15) is 28.2 Å². The number of nitrogen functional groups attached to an aromatic ring is 1. The molecule has 0 amide bonds. The molecule has 240 valence electrons. The van der Waals surface area contributed by atoms with Crippen molar-refractivity contribution in [2.75, 3.05) is 24.7 Å². The van der Waals surface area contributed by atoms with Gasteiger partial charge in [0, 0.05) is 28.6 Å². The number of anilines is 2. The fourth-order valence-electron chi connectivity index (χ4n) is 6.58. The van der Waals surface area contributed by atoms with Gasteiger partial charge < -0.3 is 20.8 Å². The molecule has 5 heterocycles. The molecule has 4 atom stereocenters. The zero-order valence-electron chi connectivity index (χ0n) is 24.8. The second kappa shape index (κ2) is 10.6. The molecule has 16 heteroatoms. The lowest BCUT2D eigenvalue weighted by Gasteiger charge is -2.23. The molecule has 1 saturated heterocycles. The van der Waals surface area contributed by atoms with Crippen molar-refractivity contribution in [3.63, 3.8) is 0 Å². The van der Waals surface area contributed by atoms with E-state index in [-0.39, 0.29) is 57.7 Å². The highest BCUT2D eigenvalue weighted by Gasteiger charge is 2.50. The van der Waals surface area contributed by atoms with E-state index in [1.807, 2.05) is 7.05 Å². The number of fused-ring (bicyclic) bond motifs is 3. The Balaban J connectivity index is 1.40. The number of hydrogen-bond acceptors (Lipinski definition) is 9. The van der Waals surface area contributed by atoms with E-state index in [4.69, 9.17) is 10.5 Å². The van der Waals surface area contributed by atoms with Crippen LogP contribution in [0.25, 0.3) is 33.1 Å². The fourth-order valence-corrected chi connectivity index (χ4v) is 6.58. The molecular formula is C30H28F5N9O2. The van der Waals surface area contributed by atoms with Crippen molar-refractivity contribution in [3.8, 4) is 17.3 Å². The van der Waals surface area contributed by atoms with E-state index < -0.39 is 51.7 Å². The predicted octanol–water partition coefficient (Wildman–Crippen LogP) is 5.09. The third-order valence-electron chi connectivity index (χ3n) is 8.96. The van der Waals surface area contributed by atoms with Crippen molar-refractivity contribution >= 4 is 33.4 Å². The maximum absolute atomic E-state index is 16.6. The molecule has 7 rings (SSSR count). The number of aryl methyl sites for hydroxylation is 1. The number of hydrogen-bond donors (Lipinski definition) is 4. The van der Waals surface area contributed by atoms with E-state index in [0.29, 0.717) is 12.0 Å². The second-order valence-electron chi connectivity index (χ2n) is 11.9. The number of halogens is 5. The minimum atomic E-state index is -4.90. The van der Waals surface area contributed by atoms with E-state index in [1.165, 1.54) is 13.0 Å². The third-order valence-corrected chi connectivity index (χ3v) is 8.96. The highest BCUT2D eigenvalue weighted by Crippen LogP contribution is 2.47. The minimum absolute atomic E-state index is 0.00436. The number of nitrogens with one attached hydrogen (secondary N) is 3. The van der Waals surface area contributed by atoms with Gasteiger partial charge >= 0.3 is 12.2 Å². The van der Waals surface area contributed by atoms with Crippen LogP contribution in [0.4, 0.5) is 33.6 Å². The summed E-state index contributed by atoms with van der Waals surface area (Å²) in [5, 5.41) is 8.95. The topological polar surface area (TPSA) is 151 Å². The molecule has 4 aromatic heterocycles. The van der Waals surface area contributed by atoms with E-state index >= 15 is 4.39 Å². The number of likely N-dealkylation sites (tertiary alicyclic amines) is 1. The lowest BCUT2D eigenvalue weighted by Crippen LogP contribution is -2.34. The molecule has 0 radical (unpaired) electrons. The molecule has 1 aromatic carbocycles. The maximum Gasteiger partial charge on any atom is 0.417 e. The van der Waals surface area contributed by atoms with Gasteiger partial charge in [-0.15, -0.1) is 0 Å². The number of aromatic amines is 2. The number of aromatic nitrogens is 6. The zero-order chi connectivity index (χ0) is 32.7. The Morgan fingerprint density at radius 2 is 1.98 bits per heavy atom. The molecule has 0 spiro atoms. The van der Waals surface area contributed by atoms with Crippen LogP contribution >= 0.6 is 0 Å². The summed E-state index contributed by atoms with van der Waals surface area (Å²) < 4.78 is 79.9. The number of likely N-dealkylation sites (N-methyl/N-ethyl adjacent to an activating group) is 1. The van der Waals surface area contributed by atoms with Gasteiger partial charge in [-0.3, -0.25) is 14.8 Å². The Morgan fingerprint density at radius 3 is 2.70 bits per heavy atom. The first kappa shape index (κ1) is 29.8. The summed E-state index contributed by atoms with van der Waals surface area (Å²) in [5.74, 6) is -1.51. The Kier molecular flexibility index (Phi) is 6.88. The number of pyridine rings is 2. The van der Waals surface area contributed by atoms with Crippen LogP contribution < -0.4 is 21.3 Å². The summed E-state index contributed by atoms with van der Waals surface area (Å²) in [6.45, 7) is 2.99. The van der Waals surface area contributed by atoms with Gasteiger partial charge in [0.25, 0.3) is 5.56 Å². The van der Waals surface area contributed by atoms with Gasteiger partial charge in [0.15, 0.2) is 5.82 Å². The van der Waals surface area contributed by atoms with Crippen molar-refractivity contribution in [1.29, 1.82) is 0 Å². The lowest BCUT2D eigenvalue weighted by atomic mass is 9.94. The largest absolute Gasteiger partial charge is 0.462 e. The minimum Gasteiger partial charge on any atom is -0.462 e. The molecule has 2 aliphatic rings. The van der Waals surface area contributed by atoms with E-state index in [1.54, 1.807) is 6.92 Å². The van der Waals surface area contributed by atoms with Crippen molar-refractivity contribution in [3.05, 3.63) is 63.2 Å². The SMILES string of the molecule is Cc1cc2[nH]ncc2c(-c2[nH]c(=O)c3c(N[C@H](C)c4cc(F)cnc4N)nc(OC[C@H]4C[C@@H]5C[C@@H]5N4C)nc3c2F)c1C(F)(F)F. The Bertz CT molecular complexity index is 2080. The van der Waals surface area contributed by atoms with Gasteiger partial charge in [-0.25, -0.2) is 13.8 Å². The van der Waals surface area contributed by atoms with Crippen molar-refractivity contribution in [2.24, 2.45) is 5.92 Å². The number of piperidine rings is 1. The van der Waals surface area contributed by atoms with Crippen LogP contribution in [0.5, 0.6) is 6.01 Å². The number of rotatable bonds is 7. The van der Waals surface area contributed by atoms with Gasteiger partial charge in [0.2, 0.25) is 0 Å². The van der Waals surface area contributed by atoms with Crippen LogP contribution in [-0.2, 0) is 6.18 Å². The van der Waals surface area contributed by atoms with Gasteiger partial charge in [0.05, 0.1) is 35.2 Å².